The lowest BCUT2D eigenvalue weighted by atomic mass is 10.1. The molecule has 2 aromatic rings. The topological polar surface area (TPSA) is 55.8 Å². The maximum Gasteiger partial charge on any atom is 0.343 e. The van der Waals surface area contributed by atoms with E-state index in [9.17, 15) is 9.90 Å². The van der Waals surface area contributed by atoms with Crippen molar-refractivity contribution in [1.82, 2.24) is 0 Å². The second-order valence-electron chi connectivity index (χ2n) is 4.45. The number of hydrogen-bond donors (Lipinski definition) is 1. The Labute approximate surface area is 123 Å². The van der Waals surface area contributed by atoms with Crippen LogP contribution in [0.2, 0.25) is 0 Å². The molecule has 0 atom stereocenters. The van der Waals surface area contributed by atoms with Crippen LogP contribution in [0, 0.1) is 6.92 Å². The molecule has 1 N–H and O–H groups in total. The van der Waals surface area contributed by atoms with E-state index in [1.807, 2.05) is 25.1 Å². The van der Waals surface area contributed by atoms with Crippen molar-refractivity contribution in [3.63, 3.8) is 0 Å². The molecule has 0 saturated carbocycles. The molecule has 0 amide bonds. The molecule has 0 heterocycles. The summed E-state index contributed by atoms with van der Waals surface area (Å²) in [7, 11) is 1.38. The van der Waals surface area contributed by atoms with Crippen molar-refractivity contribution in [1.29, 1.82) is 0 Å². The highest BCUT2D eigenvalue weighted by Crippen LogP contribution is 2.23. The van der Waals surface area contributed by atoms with Gasteiger partial charge in [0.25, 0.3) is 5.95 Å². The quantitative estimate of drug-likeness (QED) is 0.674. The number of ether oxygens (including phenoxy) is 2. The molecule has 0 radical (unpaired) electrons. The molecule has 2 aromatic carbocycles. The van der Waals surface area contributed by atoms with Gasteiger partial charge in [-0.25, -0.2) is 4.79 Å². The fourth-order valence-corrected chi connectivity index (χ4v) is 1.84. The maximum absolute atomic E-state index is 11.5. The summed E-state index contributed by atoms with van der Waals surface area (Å²) >= 11 is 0. The molecule has 108 valence electrons. The number of carboxylic acids is 1. The van der Waals surface area contributed by atoms with Gasteiger partial charge in [0, 0.05) is 0 Å². The molecule has 4 heteroatoms. The third kappa shape index (κ3) is 3.63. The van der Waals surface area contributed by atoms with Crippen LogP contribution in [0.25, 0.3) is 5.57 Å². The fourth-order valence-electron chi connectivity index (χ4n) is 1.84. The lowest BCUT2D eigenvalue weighted by molar-refractivity contribution is -0.130. The van der Waals surface area contributed by atoms with E-state index in [-0.39, 0.29) is 11.5 Å². The predicted octanol–water partition coefficient (Wildman–Crippen LogP) is 3.47. The first kappa shape index (κ1) is 14.7. The molecule has 0 aliphatic heterocycles. The first-order valence-electron chi connectivity index (χ1n) is 6.43. The van der Waals surface area contributed by atoms with Crippen molar-refractivity contribution >= 4 is 11.5 Å². The number of aryl methyl sites for hydroxylation is 1. The highest BCUT2D eigenvalue weighted by atomic mass is 16.7. The zero-order valence-corrected chi connectivity index (χ0v) is 11.9. The number of methoxy groups -OCH3 is 1. The van der Waals surface area contributed by atoms with Gasteiger partial charge in [0.1, 0.15) is 11.3 Å². The van der Waals surface area contributed by atoms with Crippen LogP contribution in [0.4, 0.5) is 0 Å². The second kappa shape index (κ2) is 6.61. The summed E-state index contributed by atoms with van der Waals surface area (Å²) in [6.07, 6.45) is 0. The van der Waals surface area contributed by atoms with Crippen molar-refractivity contribution in [3.05, 3.63) is 71.7 Å². The second-order valence-corrected chi connectivity index (χ2v) is 4.45. The summed E-state index contributed by atoms with van der Waals surface area (Å²) < 4.78 is 10.7. The largest absolute Gasteiger partial charge is 0.477 e. The van der Waals surface area contributed by atoms with E-state index < -0.39 is 5.97 Å². The van der Waals surface area contributed by atoms with E-state index in [0.717, 1.165) is 5.56 Å². The molecule has 0 fully saturated rings. The number of aliphatic carboxylic acids is 1. The van der Waals surface area contributed by atoms with Gasteiger partial charge in [0.15, 0.2) is 0 Å². The average molecular weight is 284 g/mol. The average Bonchev–Trinajstić information content (AvgIpc) is 2.49. The van der Waals surface area contributed by atoms with Crippen LogP contribution in [0.5, 0.6) is 5.75 Å². The van der Waals surface area contributed by atoms with Gasteiger partial charge in [-0.2, -0.15) is 0 Å². The molecule has 21 heavy (non-hydrogen) atoms. The highest BCUT2D eigenvalue weighted by Gasteiger charge is 2.20. The Bertz CT molecular complexity index is 642. The van der Waals surface area contributed by atoms with Gasteiger partial charge < -0.3 is 14.6 Å². The third-order valence-corrected chi connectivity index (χ3v) is 2.90. The molecule has 0 aliphatic rings. The molecular formula is C17H16O4. The molecule has 0 aliphatic carbocycles. The molecule has 0 spiro atoms. The summed E-state index contributed by atoms with van der Waals surface area (Å²) in [4.78, 5) is 11.5. The minimum absolute atomic E-state index is 0.0151. The Hall–Kier alpha value is -2.75. The van der Waals surface area contributed by atoms with Gasteiger partial charge in [-0.3, -0.25) is 0 Å². The van der Waals surface area contributed by atoms with Crippen molar-refractivity contribution in [2.24, 2.45) is 0 Å². The van der Waals surface area contributed by atoms with E-state index in [0.29, 0.717) is 11.3 Å². The van der Waals surface area contributed by atoms with E-state index in [4.69, 9.17) is 9.47 Å². The molecule has 2 rings (SSSR count). The fraction of sp³-hybridized carbons (Fsp3) is 0.118. The van der Waals surface area contributed by atoms with E-state index in [1.54, 1.807) is 36.4 Å². The third-order valence-electron chi connectivity index (χ3n) is 2.90. The minimum Gasteiger partial charge on any atom is -0.477 e. The first-order valence-corrected chi connectivity index (χ1v) is 6.43. The van der Waals surface area contributed by atoms with Crippen LogP contribution >= 0.6 is 0 Å². The molecule has 0 unspecified atom stereocenters. The zero-order chi connectivity index (χ0) is 15.2. The number of rotatable bonds is 5. The molecule has 0 aromatic heterocycles. The molecule has 4 nitrogen and oxygen atoms in total. The van der Waals surface area contributed by atoms with E-state index in [1.165, 1.54) is 7.11 Å². The smallest absolute Gasteiger partial charge is 0.343 e. The van der Waals surface area contributed by atoms with Crippen molar-refractivity contribution < 1.29 is 19.4 Å². The van der Waals surface area contributed by atoms with Gasteiger partial charge >= 0.3 is 5.97 Å². The number of benzene rings is 2. The van der Waals surface area contributed by atoms with Crippen LogP contribution in [0.3, 0.4) is 0 Å². The van der Waals surface area contributed by atoms with Crippen LogP contribution in [0.15, 0.2) is 60.5 Å². The van der Waals surface area contributed by atoms with Crippen LogP contribution in [-0.2, 0) is 9.53 Å². The Kier molecular flexibility index (Phi) is 4.61. The maximum atomic E-state index is 11.5. The minimum atomic E-state index is -1.11. The first-order chi connectivity index (χ1) is 10.1. The van der Waals surface area contributed by atoms with E-state index >= 15 is 0 Å². The number of hydrogen-bond acceptors (Lipinski definition) is 3. The lowest BCUT2D eigenvalue weighted by Gasteiger charge is -2.12. The zero-order valence-electron chi connectivity index (χ0n) is 11.9. The SMILES string of the molecule is COC(Oc1ccc(C)cc1)=C(C(=O)O)c1ccccc1. The molecule has 0 saturated heterocycles. The predicted molar refractivity (Wildman–Crippen MR) is 79.8 cm³/mol. The summed E-state index contributed by atoms with van der Waals surface area (Å²) in [5.74, 6) is -0.630. The van der Waals surface area contributed by atoms with Gasteiger partial charge in [0.05, 0.1) is 7.11 Å². The Morgan fingerprint density at radius 1 is 1.00 bits per heavy atom. The van der Waals surface area contributed by atoms with E-state index in [2.05, 4.69) is 0 Å². The molecule has 0 bridgehead atoms. The van der Waals surface area contributed by atoms with Crippen LogP contribution in [-0.4, -0.2) is 18.2 Å². The monoisotopic (exact) mass is 284 g/mol. The highest BCUT2D eigenvalue weighted by molar-refractivity contribution is 6.15. The number of carbonyl (C=O) groups is 1. The van der Waals surface area contributed by atoms with Crippen molar-refractivity contribution in [3.8, 4) is 5.75 Å². The summed E-state index contributed by atoms with van der Waals surface area (Å²) in [5.41, 5.74) is 1.60. The lowest BCUT2D eigenvalue weighted by Crippen LogP contribution is -2.09. The van der Waals surface area contributed by atoms with Gasteiger partial charge in [-0.15, -0.1) is 0 Å². The van der Waals surface area contributed by atoms with Gasteiger partial charge in [0.2, 0.25) is 0 Å². The van der Waals surface area contributed by atoms with Crippen molar-refractivity contribution in [2.75, 3.05) is 7.11 Å². The Morgan fingerprint density at radius 3 is 2.14 bits per heavy atom. The summed E-state index contributed by atoms with van der Waals surface area (Å²) in [5, 5.41) is 9.43. The standard InChI is InChI=1S/C17H16O4/c1-12-8-10-14(11-9-12)21-17(20-2)15(16(18)19)13-6-4-3-5-7-13/h3-11H,1-2H3,(H,18,19). The Morgan fingerprint density at radius 2 is 1.62 bits per heavy atom. The summed E-state index contributed by atoms with van der Waals surface area (Å²) in [6, 6.07) is 16.0. The number of carboxylic acid groups (broad SMARTS) is 1. The molecular weight excluding hydrogens is 268 g/mol. The normalized spacial score (nSPS) is 11.5. The Balaban J connectivity index is 2.42. The van der Waals surface area contributed by atoms with Crippen molar-refractivity contribution in [2.45, 2.75) is 6.92 Å². The summed E-state index contributed by atoms with van der Waals surface area (Å²) in [6.45, 7) is 1.96. The van der Waals surface area contributed by atoms with Crippen LogP contribution in [0.1, 0.15) is 11.1 Å². The van der Waals surface area contributed by atoms with Gasteiger partial charge in [-0.1, -0.05) is 48.0 Å². The van der Waals surface area contributed by atoms with Gasteiger partial charge in [-0.05, 0) is 24.6 Å². The van der Waals surface area contributed by atoms with Crippen LogP contribution < -0.4 is 4.74 Å².